The lowest BCUT2D eigenvalue weighted by Gasteiger charge is -2.20. The zero-order valence-electron chi connectivity index (χ0n) is 9.57. The maximum atomic E-state index is 5.76. The van der Waals surface area contributed by atoms with Crippen LogP contribution < -0.4 is 16.8 Å². The molecule has 0 spiro atoms. The Morgan fingerprint density at radius 1 is 1.38 bits per heavy atom. The molecular weight excluding hydrogens is 202 g/mol. The Kier molecular flexibility index (Phi) is 3.19. The highest BCUT2D eigenvalue weighted by Gasteiger charge is 2.22. The lowest BCUT2D eigenvalue weighted by molar-refractivity contribution is 0.183. The topological polar surface area (TPSA) is 73.3 Å². The van der Waals surface area contributed by atoms with E-state index < -0.39 is 0 Å². The summed E-state index contributed by atoms with van der Waals surface area (Å²) in [5.41, 5.74) is 13.7. The number of anilines is 3. The largest absolute Gasteiger partial charge is 0.397 e. The van der Waals surface area contributed by atoms with Gasteiger partial charge in [0.15, 0.2) is 0 Å². The smallest absolute Gasteiger partial charge is 0.0568 e. The van der Waals surface area contributed by atoms with Gasteiger partial charge in [0.1, 0.15) is 0 Å². The molecule has 0 saturated carbocycles. The quantitative estimate of drug-likeness (QED) is 0.679. The van der Waals surface area contributed by atoms with Crippen LogP contribution in [0.3, 0.4) is 0 Å². The highest BCUT2D eigenvalue weighted by atomic mass is 16.5. The first-order valence-electron chi connectivity index (χ1n) is 5.66. The van der Waals surface area contributed by atoms with Crippen LogP contribution in [-0.4, -0.2) is 19.3 Å². The summed E-state index contributed by atoms with van der Waals surface area (Å²) in [5.74, 6) is 0.582. The van der Waals surface area contributed by atoms with E-state index in [1.807, 2.05) is 18.2 Å². The van der Waals surface area contributed by atoms with Crippen molar-refractivity contribution in [3.05, 3.63) is 18.2 Å². The third kappa shape index (κ3) is 2.39. The van der Waals surface area contributed by atoms with E-state index in [9.17, 15) is 0 Å². The summed E-state index contributed by atoms with van der Waals surface area (Å²) in [6.45, 7) is 3.89. The second kappa shape index (κ2) is 4.61. The number of ether oxygens (including phenoxy) is 1. The van der Waals surface area contributed by atoms with Gasteiger partial charge in [-0.3, -0.25) is 0 Å². The molecule has 1 aliphatic heterocycles. The Labute approximate surface area is 96.0 Å². The maximum absolute atomic E-state index is 5.76. The van der Waals surface area contributed by atoms with Gasteiger partial charge < -0.3 is 21.5 Å². The van der Waals surface area contributed by atoms with Crippen molar-refractivity contribution in [2.45, 2.75) is 19.4 Å². The van der Waals surface area contributed by atoms with Crippen molar-refractivity contribution < 1.29 is 4.74 Å². The molecule has 2 unspecified atom stereocenters. The molecule has 2 atom stereocenters. The number of nitrogens with two attached hydrogens (primary N) is 2. The van der Waals surface area contributed by atoms with Gasteiger partial charge in [-0.25, -0.2) is 0 Å². The number of nitrogen functional groups attached to an aromatic ring is 2. The Balaban J connectivity index is 1.99. The molecule has 1 aromatic rings. The van der Waals surface area contributed by atoms with E-state index in [1.54, 1.807) is 0 Å². The lowest BCUT2D eigenvalue weighted by Crippen LogP contribution is -2.26. The molecule has 0 bridgehead atoms. The van der Waals surface area contributed by atoms with Gasteiger partial charge in [0.05, 0.1) is 18.0 Å². The van der Waals surface area contributed by atoms with E-state index in [-0.39, 0.29) is 0 Å². The van der Waals surface area contributed by atoms with E-state index in [0.717, 1.165) is 25.3 Å². The third-order valence-corrected chi connectivity index (χ3v) is 3.15. The number of nitrogens with one attached hydrogen (secondary N) is 1. The van der Waals surface area contributed by atoms with Crippen LogP contribution >= 0.6 is 0 Å². The van der Waals surface area contributed by atoms with Gasteiger partial charge in [-0.15, -0.1) is 0 Å². The van der Waals surface area contributed by atoms with Crippen LogP contribution in [0.1, 0.15) is 13.3 Å². The van der Waals surface area contributed by atoms with Gasteiger partial charge in [0.2, 0.25) is 0 Å². The Hall–Kier alpha value is -1.42. The minimum Gasteiger partial charge on any atom is -0.397 e. The van der Waals surface area contributed by atoms with Crippen molar-refractivity contribution >= 4 is 17.1 Å². The van der Waals surface area contributed by atoms with Crippen LogP contribution in [-0.2, 0) is 4.74 Å². The predicted octanol–water partition coefficient (Wildman–Crippen LogP) is 1.69. The fraction of sp³-hybridized carbons (Fsp3) is 0.500. The van der Waals surface area contributed by atoms with Crippen molar-refractivity contribution in [1.82, 2.24) is 0 Å². The molecule has 1 heterocycles. The molecule has 0 amide bonds. The first-order chi connectivity index (χ1) is 7.66. The summed E-state index contributed by atoms with van der Waals surface area (Å²) in [5, 5.41) is 3.44. The van der Waals surface area contributed by atoms with Crippen molar-refractivity contribution in [3.8, 4) is 0 Å². The molecule has 1 aliphatic rings. The van der Waals surface area contributed by atoms with Crippen LogP contribution in [0.2, 0.25) is 0 Å². The fourth-order valence-electron chi connectivity index (χ4n) is 1.99. The summed E-state index contributed by atoms with van der Waals surface area (Å²) < 4.78 is 5.37. The van der Waals surface area contributed by atoms with Crippen LogP contribution in [0.5, 0.6) is 0 Å². The van der Waals surface area contributed by atoms with Gasteiger partial charge >= 0.3 is 0 Å². The summed E-state index contributed by atoms with van der Waals surface area (Å²) in [7, 11) is 0. The van der Waals surface area contributed by atoms with Crippen molar-refractivity contribution in [2.75, 3.05) is 30.0 Å². The molecular formula is C12H19N3O. The zero-order valence-corrected chi connectivity index (χ0v) is 9.57. The molecule has 0 aliphatic carbocycles. The molecule has 4 nitrogen and oxygen atoms in total. The fourth-order valence-corrected chi connectivity index (χ4v) is 1.99. The second-order valence-corrected chi connectivity index (χ2v) is 4.40. The molecule has 16 heavy (non-hydrogen) atoms. The summed E-state index contributed by atoms with van der Waals surface area (Å²) in [6.07, 6.45) is 1.12. The minimum atomic E-state index is 0.394. The summed E-state index contributed by atoms with van der Waals surface area (Å²) in [6, 6.07) is 6.06. The Bertz CT molecular complexity index is 361. The average Bonchev–Trinajstić information content (AvgIpc) is 2.77. The van der Waals surface area contributed by atoms with Crippen molar-refractivity contribution in [1.29, 1.82) is 0 Å². The summed E-state index contributed by atoms with van der Waals surface area (Å²) >= 11 is 0. The molecule has 88 valence electrons. The lowest BCUT2D eigenvalue weighted by atomic mass is 10.0. The molecule has 0 aromatic heterocycles. The van der Waals surface area contributed by atoms with Crippen LogP contribution in [0, 0.1) is 5.92 Å². The Morgan fingerprint density at radius 3 is 2.81 bits per heavy atom. The molecule has 0 radical (unpaired) electrons. The average molecular weight is 221 g/mol. The second-order valence-electron chi connectivity index (χ2n) is 4.40. The van der Waals surface area contributed by atoms with Gasteiger partial charge in [-0.1, -0.05) is 0 Å². The van der Waals surface area contributed by atoms with Gasteiger partial charge in [0.25, 0.3) is 0 Å². The van der Waals surface area contributed by atoms with E-state index in [0.29, 0.717) is 23.3 Å². The van der Waals surface area contributed by atoms with E-state index >= 15 is 0 Å². The molecule has 5 N–H and O–H groups in total. The van der Waals surface area contributed by atoms with E-state index in [2.05, 4.69) is 12.2 Å². The molecule has 2 rings (SSSR count). The maximum Gasteiger partial charge on any atom is 0.0568 e. The summed E-state index contributed by atoms with van der Waals surface area (Å²) in [4.78, 5) is 0. The van der Waals surface area contributed by atoms with Gasteiger partial charge in [0, 0.05) is 24.3 Å². The van der Waals surface area contributed by atoms with Crippen LogP contribution in [0.4, 0.5) is 17.1 Å². The molecule has 1 fully saturated rings. The first-order valence-corrected chi connectivity index (χ1v) is 5.66. The standard InChI is InChI=1S/C12H19N3O/c1-8(9-4-5-16-7-9)15-10-2-3-11(13)12(14)6-10/h2-3,6,8-9,15H,4-5,7,13-14H2,1H3. The van der Waals surface area contributed by atoms with Crippen molar-refractivity contribution in [3.63, 3.8) is 0 Å². The predicted molar refractivity (Wildman–Crippen MR) is 67.3 cm³/mol. The highest BCUT2D eigenvalue weighted by molar-refractivity contribution is 5.69. The van der Waals surface area contributed by atoms with Crippen LogP contribution in [0.15, 0.2) is 18.2 Å². The monoisotopic (exact) mass is 221 g/mol. The SMILES string of the molecule is CC(Nc1ccc(N)c(N)c1)C1CCOC1. The van der Waals surface area contributed by atoms with Gasteiger partial charge in [-0.2, -0.15) is 0 Å². The molecule has 4 heteroatoms. The number of hydrogen-bond donors (Lipinski definition) is 3. The zero-order chi connectivity index (χ0) is 11.5. The first kappa shape index (κ1) is 11.1. The third-order valence-electron chi connectivity index (χ3n) is 3.15. The number of benzene rings is 1. The minimum absolute atomic E-state index is 0.394. The number of hydrogen-bond acceptors (Lipinski definition) is 4. The number of rotatable bonds is 3. The Morgan fingerprint density at radius 2 is 2.19 bits per heavy atom. The highest BCUT2D eigenvalue weighted by Crippen LogP contribution is 2.23. The van der Waals surface area contributed by atoms with Crippen LogP contribution in [0.25, 0.3) is 0 Å². The normalized spacial score (nSPS) is 21.9. The van der Waals surface area contributed by atoms with E-state index in [1.165, 1.54) is 0 Å². The van der Waals surface area contributed by atoms with E-state index in [4.69, 9.17) is 16.2 Å². The molecule has 1 aromatic carbocycles. The molecule has 1 saturated heterocycles. The van der Waals surface area contributed by atoms with Gasteiger partial charge in [-0.05, 0) is 31.5 Å². The van der Waals surface area contributed by atoms with Crippen molar-refractivity contribution in [2.24, 2.45) is 5.92 Å².